The monoisotopic (exact) mass is 335 g/mol. The van der Waals surface area contributed by atoms with E-state index in [1.54, 1.807) is 25.4 Å². The number of nitrogens with one attached hydrogen (secondary N) is 2. The molecule has 2 N–H and O–H groups in total. The van der Waals surface area contributed by atoms with Gasteiger partial charge in [0.05, 0.1) is 5.69 Å². The fraction of sp³-hybridized carbons (Fsp3) is 0.211. The van der Waals surface area contributed by atoms with Gasteiger partial charge < -0.3 is 10.6 Å². The summed E-state index contributed by atoms with van der Waals surface area (Å²) < 4.78 is 13.8. The van der Waals surface area contributed by atoms with Crippen LogP contribution in [0, 0.1) is 12.7 Å². The number of aryl methyl sites for hydroxylation is 1. The van der Waals surface area contributed by atoms with Crippen LogP contribution in [0.2, 0.25) is 0 Å². The molecule has 0 atom stereocenters. The highest BCUT2D eigenvalue weighted by atomic mass is 19.1. The van der Waals surface area contributed by atoms with E-state index in [1.807, 2.05) is 24.3 Å². The van der Waals surface area contributed by atoms with Crippen LogP contribution in [0.15, 0.2) is 48.8 Å². The van der Waals surface area contributed by atoms with E-state index in [1.165, 1.54) is 6.07 Å². The van der Waals surface area contributed by atoms with Crippen molar-refractivity contribution >= 4 is 17.5 Å². The second kappa shape index (κ2) is 6.47. The third-order valence-electron chi connectivity index (χ3n) is 4.04. The molecule has 2 heterocycles. The molecular formula is C19H18FN5. The summed E-state index contributed by atoms with van der Waals surface area (Å²) in [6.07, 6.45) is 5.75. The molecular weight excluding hydrogens is 317 g/mol. The molecule has 4 rings (SSSR count). The summed E-state index contributed by atoms with van der Waals surface area (Å²) in [5, 5.41) is 6.48. The third kappa shape index (κ3) is 3.74. The summed E-state index contributed by atoms with van der Waals surface area (Å²) in [4.78, 5) is 13.2. The molecule has 0 radical (unpaired) electrons. The largest absolute Gasteiger partial charge is 0.351 e. The second-order valence-electron chi connectivity index (χ2n) is 6.21. The lowest BCUT2D eigenvalue weighted by Crippen LogP contribution is -2.08. The highest BCUT2D eigenvalue weighted by molar-refractivity contribution is 5.67. The molecule has 1 saturated carbocycles. The van der Waals surface area contributed by atoms with Gasteiger partial charge in [-0.25, -0.2) is 9.37 Å². The Morgan fingerprint density at radius 2 is 2.00 bits per heavy atom. The summed E-state index contributed by atoms with van der Waals surface area (Å²) in [5.41, 5.74) is 2.93. The molecule has 5 nitrogen and oxygen atoms in total. The predicted molar refractivity (Wildman–Crippen MR) is 96.3 cm³/mol. The number of anilines is 3. The first-order valence-corrected chi connectivity index (χ1v) is 8.26. The van der Waals surface area contributed by atoms with E-state index in [-0.39, 0.29) is 5.82 Å². The fourth-order valence-electron chi connectivity index (χ4n) is 2.47. The molecule has 0 aliphatic heterocycles. The van der Waals surface area contributed by atoms with Gasteiger partial charge in [0.25, 0.3) is 0 Å². The van der Waals surface area contributed by atoms with Gasteiger partial charge in [0, 0.05) is 35.8 Å². The lowest BCUT2D eigenvalue weighted by atomic mass is 10.2. The predicted octanol–water partition coefficient (Wildman–Crippen LogP) is 4.30. The number of benzene rings is 1. The maximum atomic E-state index is 13.8. The van der Waals surface area contributed by atoms with Crippen LogP contribution in [0.25, 0.3) is 11.3 Å². The van der Waals surface area contributed by atoms with Crippen LogP contribution in [-0.2, 0) is 0 Å². The van der Waals surface area contributed by atoms with Crippen molar-refractivity contribution in [3.8, 4) is 11.3 Å². The molecule has 2 aromatic heterocycles. The molecule has 1 fully saturated rings. The van der Waals surface area contributed by atoms with Gasteiger partial charge in [-0.15, -0.1) is 0 Å². The quantitative estimate of drug-likeness (QED) is 0.728. The van der Waals surface area contributed by atoms with Crippen molar-refractivity contribution in [2.24, 2.45) is 0 Å². The molecule has 1 aliphatic carbocycles. The normalized spacial score (nSPS) is 13.5. The molecule has 1 aliphatic rings. The first-order valence-electron chi connectivity index (χ1n) is 8.26. The molecule has 0 saturated heterocycles. The minimum Gasteiger partial charge on any atom is -0.351 e. The molecule has 0 spiro atoms. The Kier molecular flexibility index (Phi) is 4.01. The number of hydrogen-bond donors (Lipinski definition) is 2. The van der Waals surface area contributed by atoms with Crippen LogP contribution < -0.4 is 10.6 Å². The van der Waals surface area contributed by atoms with Crippen LogP contribution >= 0.6 is 0 Å². The first-order chi connectivity index (χ1) is 12.2. The molecule has 0 bridgehead atoms. The summed E-state index contributed by atoms with van der Waals surface area (Å²) in [5.74, 6) is 0.932. The molecule has 0 amide bonds. The SMILES string of the molecule is Cc1ccc(Nc2cc(-c3cccnc3)nc(NC3CC3)n2)cc1F. The van der Waals surface area contributed by atoms with E-state index >= 15 is 0 Å². The van der Waals surface area contributed by atoms with Crippen molar-refractivity contribution in [1.29, 1.82) is 0 Å². The van der Waals surface area contributed by atoms with Gasteiger partial charge in [0.2, 0.25) is 5.95 Å². The number of hydrogen-bond acceptors (Lipinski definition) is 5. The number of pyridine rings is 1. The molecule has 126 valence electrons. The highest BCUT2D eigenvalue weighted by Crippen LogP contribution is 2.27. The molecule has 1 aromatic carbocycles. The molecule has 25 heavy (non-hydrogen) atoms. The topological polar surface area (TPSA) is 62.7 Å². The zero-order valence-electron chi connectivity index (χ0n) is 13.8. The van der Waals surface area contributed by atoms with E-state index in [0.717, 1.165) is 24.1 Å². The minimum atomic E-state index is -0.247. The highest BCUT2D eigenvalue weighted by Gasteiger charge is 2.22. The fourth-order valence-corrected chi connectivity index (χ4v) is 2.47. The Bertz CT molecular complexity index is 894. The van der Waals surface area contributed by atoms with Gasteiger partial charge in [-0.2, -0.15) is 4.98 Å². The lowest BCUT2D eigenvalue weighted by molar-refractivity contribution is 0.619. The summed E-state index contributed by atoms with van der Waals surface area (Å²) in [6, 6.07) is 11.1. The number of rotatable bonds is 5. The van der Waals surface area contributed by atoms with Crippen molar-refractivity contribution in [1.82, 2.24) is 15.0 Å². The van der Waals surface area contributed by atoms with Gasteiger partial charge in [-0.3, -0.25) is 4.98 Å². The molecule has 3 aromatic rings. The van der Waals surface area contributed by atoms with Crippen molar-refractivity contribution in [3.63, 3.8) is 0 Å². The lowest BCUT2D eigenvalue weighted by Gasteiger charge is -2.11. The molecule has 0 unspecified atom stereocenters. The third-order valence-corrected chi connectivity index (χ3v) is 4.04. The number of aromatic nitrogens is 3. The van der Waals surface area contributed by atoms with Gasteiger partial charge in [0.15, 0.2) is 0 Å². The van der Waals surface area contributed by atoms with E-state index < -0.39 is 0 Å². The maximum absolute atomic E-state index is 13.8. The standard InChI is InChI=1S/C19H18FN5/c1-12-4-5-15(9-16(12)20)22-18-10-17(13-3-2-8-21-11-13)24-19(25-18)23-14-6-7-14/h2-5,8-11,14H,6-7H2,1H3,(H2,22,23,24,25). The Balaban J connectivity index is 1.68. The molecule has 6 heteroatoms. The Morgan fingerprint density at radius 3 is 2.72 bits per heavy atom. The second-order valence-corrected chi connectivity index (χ2v) is 6.21. The van der Waals surface area contributed by atoms with Crippen molar-refractivity contribution in [3.05, 3.63) is 60.2 Å². The van der Waals surface area contributed by atoms with E-state index in [2.05, 4.69) is 25.6 Å². The summed E-state index contributed by atoms with van der Waals surface area (Å²) in [6.45, 7) is 1.74. The van der Waals surface area contributed by atoms with E-state index in [0.29, 0.717) is 29.1 Å². The van der Waals surface area contributed by atoms with Crippen molar-refractivity contribution < 1.29 is 4.39 Å². The minimum absolute atomic E-state index is 0.247. The van der Waals surface area contributed by atoms with Crippen LogP contribution in [0.5, 0.6) is 0 Å². The maximum Gasteiger partial charge on any atom is 0.225 e. The van der Waals surface area contributed by atoms with Crippen molar-refractivity contribution in [2.45, 2.75) is 25.8 Å². The van der Waals surface area contributed by atoms with Gasteiger partial charge >= 0.3 is 0 Å². The number of nitrogens with zero attached hydrogens (tertiary/aromatic N) is 3. The first kappa shape index (κ1) is 15.5. The Labute approximate surface area is 145 Å². The zero-order valence-corrected chi connectivity index (χ0v) is 13.8. The average Bonchev–Trinajstić information content (AvgIpc) is 3.43. The van der Waals surface area contributed by atoms with Crippen LogP contribution in [0.3, 0.4) is 0 Å². The van der Waals surface area contributed by atoms with Gasteiger partial charge in [-0.05, 0) is 49.6 Å². The Morgan fingerprint density at radius 1 is 1.12 bits per heavy atom. The van der Waals surface area contributed by atoms with Crippen LogP contribution in [0.4, 0.5) is 21.8 Å². The van der Waals surface area contributed by atoms with Crippen LogP contribution in [-0.4, -0.2) is 21.0 Å². The summed E-state index contributed by atoms with van der Waals surface area (Å²) >= 11 is 0. The van der Waals surface area contributed by atoms with Crippen LogP contribution in [0.1, 0.15) is 18.4 Å². The van der Waals surface area contributed by atoms with E-state index in [9.17, 15) is 4.39 Å². The van der Waals surface area contributed by atoms with E-state index in [4.69, 9.17) is 0 Å². The average molecular weight is 335 g/mol. The Hall–Kier alpha value is -3.02. The van der Waals surface area contributed by atoms with Gasteiger partial charge in [0.1, 0.15) is 11.6 Å². The smallest absolute Gasteiger partial charge is 0.225 e. The number of halogens is 1. The summed E-state index contributed by atoms with van der Waals surface area (Å²) in [7, 11) is 0. The van der Waals surface area contributed by atoms with Crippen molar-refractivity contribution in [2.75, 3.05) is 10.6 Å². The zero-order chi connectivity index (χ0) is 17.2. The van der Waals surface area contributed by atoms with Gasteiger partial charge in [-0.1, -0.05) is 6.07 Å².